The van der Waals surface area contributed by atoms with Gasteiger partial charge in [-0.25, -0.2) is 14.6 Å². The number of anilines is 2. The minimum absolute atomic E-state index is 0.445. The first-order valence-corrected chi connectivity index (χ1v) is 10.0. The van der Waals surface area contributed by atoms with Crippen molar-refractivity contribution in [3.63, 3.8) is 0 Å². The lowest BCUT2D eigenvalue weighted by atomic mass is 9.87. The van der Waals surface area contributed by atoms with E-state index < -0.39 is 0 Å². The number of nitrogens with one attached hydrogen (secondary N) is 2. The predicted octanol–water partition coefficient (Wildman–Crippen LogP) is 4.33. The van der Waals surface area contributed by atoms with Crippen molar-refractivity contribution in [2.24, 2.45) is 0 Å². The summed E-state index contributed by atoms with van der Waals surface area (Å²) in [6, 6.07) is 4.89. The molecule has 0 radical (unpaired) electrons. The molecule has 0 bridgehead atoms. The van der Waals surface area contributed by atoms with E-state index in [0.29, 0.717) is 23.1 Å². The number of hydrogen-bond donors (Lipinski definition) is 2. The number of piperidine rings is 1. The van der Waals surface area contributed by atoms with Crippen LogP contribution in [0.5, 0.6) is 0 Å². The molecule has 5 rings (SSSR count). The lowest BCUT2D eigenvalue weighted by Gasteiger charge is -2.24. The number of benzene rings is 1. The van der Waals surface area contributed by atoms with Crippen LogP contribution < -0.4 is 10.6 Å². The van der Waals surface area contributed by atoms with Gasteiger partial charge in [-0.15, -0.1) is 0 Å². The van der Waals surface area contributed by atoms with Crippen LogP contribution in [-0.2, 0) is 0 Å². The van der Waals surface area contributed by atoms with Gasteiger partial charge in [0.15, 0.2) is 5.15 Å². The van der Waals surface area contributed by atoms with Crippen molar-refractivity contribution in [2.45, 2.75) is 44.6 Å². The summed E-state index contributed by atoms with van der Waals surface area (Å²) in [6.07, 6.45) is 8.28. The molecule has 1 aliphatic heterocycles. The molecule has 7 heteroatoms. The molecule has 27 heavy (non-hydrogen) atoms. The van der Waals surface area contributed by atoms with Crippen LogP contribution in [-0.4, -0.2) is 32.8 Å². The lowest BCUT2D eigenvalue weighted by molar-refractivity contribution is 0.459. The molecule has 1 saturated carbocycles. The molecule has 0 unspecified atom stereocenters. The molecule has 1 saturated heterocycles. The maximum Gasteiger partial charge on any atom is 0.227 e. The second kappa shape index (κ2) is 6.77. The highest BCUT2D eigenvalue weighted by Gasteiger charge is 2.27. The van der Waals surface area contributed by atoms with Crippen LogP contribution in [0.2, 0.25) is 5.15 Å². The van der Waals surface area contributed by atoms with Crippen molar-refractivity contribution < 1.29 is 0 Å². The van der Waals surface area contributed by atoms with Gasteiger partial charge in [-0.05, 0) is 74.9 Å². The number of halogens is 1. The number of rotatable bonds is 4. The largest absolute Gasteiger partial charge is 0.320 e. The third-order valence-corrected chi connectivity index (χ3v) is 6.00. The fourth-order valence-electron chi connectivity index (χ4n) is 3.97. The number of nitrogens with zero attached hydrogens (tertiary/aromatic N) is 4. The van der Waals surface area contributed by atoms with E-state index in [1.54, 1.807) is 6.20 Å². The van der Waals surface area contributed by atoms with Crippen LogP contribution in [0.4, 0.5) is 11.6 Å². The van der Waals surface area contributed by atoms with E-state index in [9.17, 15) is 0 Å². The Labute approximate surface area is 163 Å². The summed E-state index contributed by atoms with van der Waals surface area (Å²) in [6.45, 7) is 4.36. The molecule has 3 aromatic rings. The third kappa shape index (κ3) is 3.28. The normalized spacial score (nSPS) is 18.1. The summed E-state index contributed by atoms with van der Waals surface area (Å²) in [5.74, 6) is 1.16. The number of aromatic nitrogens is 4. The van der Waals surface area contributed by atoms with Gasteiger partial charge in [0.25, 0.3) is 0 Å². The Morgan fingerprint density at radius 2 is 1.96 bits per heavy atom. The van der Waals surface area contributed by atoms with Gasteiger partial charge in [-0.3, -0.25) is 0 Å². The molecule has 140 valence electrons. The van der Waals surface area contributed by atoms with Gasteiger partial charge in [-0.2, -0.15) is 5.10 Å². The molecule has 0 amide bonds. The average molecular weight is 383 g/mol. The van der Waals surface area contributed by atoms with Crippen LogP contribution in [0.25, 0.3) is 10.9 Å². The summed E-state index contributed by atoms with van der Waals surface area (Å²) in [5.41, 5.74) is 4.46. The molecule has 0 spiro atoms. The molecular formula is C20H23ClN6. The van der Waals surface area contributed by atoms with E-state index in [1.165, 1.54) is 24.0 Å². The topological polar surface area (TPSA) is 67.7 Å². The fourth-order valence-corrected chi connectivity index (χ4v) is 4.24. The second-order valence-electron chi connectivity index (χ2n) is 7.64. The average Bonchev–Trinajstić information content (AvgIpc) is 3.47. The van der Waals surface area contributed by atoms with Crippen molar-refractivity contribution in [2.75, 3.05) is 18.4 Å². The van der Waals surface area contributed by atoms with Crippen LogP contribution in [0, 0.1) is 6.92 Å². The van der Waals surface area contributed by atoms with Crippen LogP contribution in [0.3, 0.4) is 0 Å². The van der Waals surface area contributed by atoms with Crippen LogP contribution >= 0.6 is 11.6 Å². The van der Waals surface area contributed by atoms with Crippen molar-refractivity contribution in [1.82, 2.24) is 25.1 Å². The Morgan fingerprint density at radius 3 is 2.74 bits per heavy atom. The summed E-state index contributed by atoms with van der Waals surface area (Å²) in [5, 5.41) is 12.7. The van der Waals surface area contributed by atoms with E-state index >= 15 is 0 Å². The monoisotopic (exact) mass is 382 g/mol. The Bertz CT molecular complexity index is 988. The molecule has 2 N–H and O–H groups in total. The minimum atomic E-state index is 0.445. The Kier molecular flexibility index (Phi) is 4.25. The van der Waals surface area contributed by atoms with Gasteiger partial charge in [0.05, 0.1) is 23.4 Å². The highest BCUT2D eigenvalue weighted by molar-refractivity contribution is 6.32. The molecule has 2 aliphatic rings. The van der Waals surface area contributed by atoms with Crippen molar-refractivity contribution in [3.05, 3.63) is 40.8 Å². The zero-order valence-corrected chi connectivity index (χ0v) is 16.1. The van der Waals surface area contributed by atoms with E-state index in [0.717, 1.165) is 42.5 Å². The molecule has 3 heterocycles. The number of aryl methyl sites for hydroxylation is 1. The Balaban J connectivity index is 1.46. The Morgan fingerprint density at radius 1 is 1.15 bits per heavy atom. The molecular weight excluding hydrogens is 360 g/mol. The maximum absolute atomic E-state index is 6.45. The molecule has 2 aromatic heterocycles. The fraction of sp³-hybridized carbons (Fsp3) is 0.450. The quantitative estimate of drug-likeness (QED) is 0.702. The zero-order valence-electron chi connectivity index (χ0n) is 15.4. The first kappa shape index (κ1) is 17.0. The standard InChI is InChI=1S/C20H23ClN6/c1-12-8-14-10-23-20(26-18-11-24-27(19(18)21)15-2-3-15)25-17(14)9-16(12)13-4-6-22-7-5-13/h8-11,13,15,22H,2-7H2,1H3,(H,23,25,26). The van der Waals surface area contributed by atoms with Gasteiger partial charge < -0.3 is 10.6 Å². The summed E-state index contributed by atoms with van der Waals surface area (Å²) in [4.78, 5) is 9.21. The van der Waals surface area contributed by atoms with Crippen molar-refractivity contribution in [1.29, 1.82) is 0 Å². The van der Waals surface area contributed by atoms with E-state index in [2.05, 4.69) is 39.8 Å². The van der Waals surface area contributed by atoms with Crippen molar-refractivity contribution >= 4 is 34.1 Å². The Hall–Kier alpha value is -2.18. The van der Waals surface area contributed by atoms with Gasteiger partial charge in [0, 0.05) is 11.6 Å². The van der Waals surface area contributed by atoms with Gasteiger partial charge >= 0.3 is 0 Å². The number of hydrogen-bond acceptors (Lipinski definition) is 5. The van der Waals surface area contributed by atoms with Crippen molar-refractivity contribution in [3.8, 4) is 0 Å². The predicted molar refractivity (Wildman–Crippen MR) is 108 cm³/mol. The molecule has 1 aliphatic carbocycles. The molecule has 0 atom stereocenters. The highest BCUT2D eigenvalue weighted by Crippen LogP contribution is 2.39. The maximum atomic E-state index is 6.45. The third-order valence-electron chi connectivity index (χ3n) is 5.62. The SMILES string of the molecule is Cc1cc2cnc(Nc3cnn(C4CC4)c3Cl)nc2cc1C1CCNCC1. The highest BCUT2D eigenvalue weighted by atomic mass is 35.5. The summed E-state index contributed by atoms with van der Waals surface area (Å²) >= 11 is 6.45. The minimum Gasteiger partial charge on any atom is -0.320 e. The van der Waals surface area contributed by atoms with E-state index in [1.807, 2.05) is 10.9 Å². The van der Waals surface area contributed by atoms with Gasteiger partial charge in [0.2, 0.25) is 5.95 Å². The first-order chi connectivity index (χ1) is 13.2. The lowest BCUT2D eigenvalue weighted by Crippen LogP contribution is -2.26. The smallest absolute Gasteiger partial charge is 0.227 e. The molecule has 1 aromatic carbocycles. The second-order valence-corrected chi connectivity index (χ2v) is 7.99. The van der Waals surface area contributed by atoms with Crippen LogP contribution in [0.1, 0.15) is 48.8 Å². The summed E-state index contributed by atoms with van der Waals surface area (Å²) in [7, 11) is 0. The zero-order chi connectivity index (χ0) is 18.4. The van der Waals surface area contributed by atoms with Gasteiger partial charge in [0.1, 0.15) is 0 Å². The van der Waals surface area contributed by atoms with E-state index in [-0.39, 0.29) is 0 Å². The number of fused-ring (bicyclic) bond motifs is 1. The molecule has 6 nitrogen and oxygen atoms in total. The van der Waals surface area contributed by atoms with Crippen LogP contribution in [0.15, 0.2) is 24.5 Å². The van der Waals surface area contributed by atoms with Gasteiger partial charge in [-0.1, -0.05) is 11.6 Å². The van der Waals surface area contributed by atoms with E-state index in [4.69, 9.17) is 16.6 Å². The molecule has 2 fully saturated rings. The first-order valence-electron chi connectivity index (χ1n) is 9.67. The summed E-state index contributed by atoms with van der Waals surface area (Å²) < 4.78 is 1.88.